The van der Waals surface area contributed by atoms with E-state index in [-0.39, 0.29) is 11.2 Å². The Bertz CT molecular complexity index is 793. The Morgan fingerprint density at radius 3 is 2.47 bits per heavy atom. The summed E-state index contributed by atoms with van der Waals surface area (Å²) in [7, 11) is 0. The van der Waals surface area contributed by atoms with Crippen LogP contribution in [0.4, 0.5) is 11.5 Å². The van der Waals surface area contributed by atoms with E-state index in [1.807, 2.05) is 24.3 Å². The van der Waals surface area contributed by atoms with Gasteiger partial charge in [0.05, 0.1) is 16.6 Å². The summed E-state index contributed by atoms with van der Waals surface area (Å²) in [6.45, 7) is 0. The molecule has 0 spiro atoms. The van der Waals surface area contributed by atoms with Crippen molar-refractivity contribution < 1.29 is 0 Å². The van der Waals surface area contributed by atoms with E-state index in [0.717, 1.165) is 0 Å². The van der Waals surface area contributed by atoms with Crippen LogP contribution in [-0.2, 0) is 0 Å². The molecule has 2 aromatic carbocycles. The van der Waals surface area contributed by atoms with Gasteiger partial charge in [-0.15, -0.1) is 15.3 Å². The van der Waals surface area contributed by atoms with Crippen LogP contribution < -0.4 is 5.43 Å². The number of hydrogen-bond acceptors (Lipinski definition) is 4. The molecule has 19 heavy (non-hydrogen) atoms. The fourth-order valence-corrected chi connectivity index (χ4v) is 1.73. The molecular weight excluding hydrogens is 240 g/mol. The molecule has 5 heteroatoms. The maximum atomic E-state index is 12.1. The average Bonchev–Trinajstić information content (AvgIpc) is 2.48. The van der Waals surface area contributed by atoms with Crippen LogP contribution in [-0.4, -0.2) is 10.2 Å². The van der Waals surface area contributed by atoms with E-state index in [0.29, 0.717) is 16.6 Å². The summed E-state index contributed by atoms with van der Waals surface area (Å²) in [5, 5.41) is 15.2. The van der Waals surface area contributed by atoms with Gasteiger partial charge >= 0.3 is 0 Å². The van der Waals surface area contributed by atoms with E-state index in [4.69, 9.17) is 0 Å². The smallest absolute Gasteiger partial charge is 0.241 e. The third-order valence-corrected chi connectivity index (χ3v) is 2.67. The number of nitrogens with one attached hydrogen (secondary N) is 1. The van der Waals surface area contributed by atoms with E-state index in [9.17, 15) is 4.79 Å². The molecule has 0 radical (unpaired) electrons. The van der Waals surface area contributed by atoms with Crippen LogP contribution in [0, 0.1) is 0 Å². The highest BCUT2D eigenvalue weighted by Crippen LogP contribution is 2.14. The summed E-state index contributed by atoms with van der Waals surface area (Å²) in [4.78, 5) is 12.1. The molecule has 0 fully saturated rings. The van der Waals surface area contributed by atoms with E-state index in [1.165, 1.54) is 0 Å². The summed E-state index contributed by atoms with van der Waals surface area (Å²) in [5.41, 5.74) is 1.14. The third-order valence-electron chi connectivity index (χ3n) is 2.67. The Labute approximate surface area is 108 Å². The van der Waals surface area contributed by atoms with Crippen molar-refractivity contribution >= 4 is 22.4 Å². The van der Waals surface area contributed by atoms with Crippen molar-refractivity contribution in [2.45, 2.75) is 0 Å². The first kappa shape index (κ1) is 11.3. The second-order valence-electron chi connectivity index (χ2n) is 3.96. The maximum absolute atomic E-state index is 12.1. The van der Waals surface area contributed by atoms with Crippen molar-refractivity contribution in [1.82, 2.24) is 10.2 Å². The highest BCUT2D eigenvalue weighted by atomic mass is 16.1. The summed E-state index contributed by atoms with van der Waals surface area (Å²) in [6, 6.07) is 16.4. The lowest BCUT2D eigenvalue weighted by molar-refractivity contribution is 1.02. The number of azo groups is 1. The maximum Gasteiger partial charge on any atom is 0.241 e. The lowest BCUT2D eigenvalue weighted by Gasteiger charge is -1.96. The molecule has 3 rings (SSSR count). The van der Waals surface area contributed by atoms with Crippen LogP contribution in [0.5, 0.6) is 0 Å². The minimum Gasteiger partial charge on any atom is -0.285 e. The van der Waals surface area contributed by atoms with Gasteiger partial charge in [-0.3, -0.25) is 9.89 Å². The van der Waals surface area contributed by atoms with Crippen molar-refractivity contribution in [3.8, 4) is 0 Å². The fourth-order valence-electron chi connectivity index (χ4n) is 1.73. The third kappa shape index (κ3) is 2.26. The van der Waals surface area contributed by atoms with Crippen LogP contribution in [0.2, 0.25) is 0 Å². The number of rotatable bonds is 2. The first-order valence-electron chi connectivity index (χ1n) is 5.79. The van der Waals surface area contributed by atoms with Crippen molar-refractivity contribution in [3.63, 3.8) is 0 Å². The number of nitrogens with zero attached hydrogens (tertiary/aromatic N) is 3. The minimum atomic E-state index is -0.228. The molecule has 1 N–H and O–H groups in total. The Hall–Kier alpha value is -2.82. The van der Waals surface area contributed by atoms with E-state index < -0.39 is 0 Å². The summed E-state index contributed by atoms with van der Waals surface area (Å²) < 4.78 is 0. The molecule has 0 aliphatic carbocycles. The summed E-state index contributed by atoms with van der Waals surface area (Å²) in [6.07, 6.45) is 0. The first-order chi connectivity index (χ1) is 9.34. The molecule has 1 aromatic heterocycles. The SMILES string of the molecule is O=c1c(N=Nc2ccccc2)n[nH]c2ccccc12. The Balaban J connectivity index is 2.05. The zero-order chi connectivity index (χ0) is 13.1. The second-order valence-corrected chi connectivity index (χ2v) is 3.96. The Morgan fingerprint density at radius 2 is 1.63 bits per heavy atom. The highest BCUT2D eigenvalue weighted by molar-refractivity contribution is 5.79. The Kier molecular flexibility index (Phi) is 2.86. The molecule has 0 saturated carbocycles. The van der Waals surface area contributed by atoms with Crippen LogP contribution in [0.25, 0.3) is 10.9 Å². The summed E-state index contributed by atoms with van der Waals surface area (Å²) in [5.74, 6) is 0.0579. The van der Waals surface area contributed by atoms with Crippen LogP contribution >= 0.6 is 0 Å². The molecule has 0 aliphatic heterocycles. The molecule has 92 valence electrons. The predicted molar refractivity (Wildman–Crippen MR) is 73.0 cm³/mol. The van der Waals surface area contributed by atoms with Gasteiger partial charge in [0.15, 0.2) is 0 Å². The molecular formula is C14H10N4O. The average molecular weight is 250 g/mol. The van der Waals surface area contributed by atoms with Crippen molar-refractivity contribution in [2.75, 3.05) is 0 Å². The van der Waals surface area contributed by atoms with Gasteiger partial charge in [-0.05, 0) is 24.3 Å². The molecule has 3 aromatic rings. The number of para-hydroxylation sites is 1. The second kappa shape index (κ2) is 4.81. The number of hydrogen-bond donors (Lipinski definition) is 1. The fraction of sp³-hybridized carbons (Fsp3) is 0. The molecule has 0 unspecified atom stereocenters. The lowest BCUT2D eigenvalue weighted by atomic mass is 10.2. The molecule has 0 bridgehead atoms. The topological polar surface area (TPSA) is 70.5 Å². The predicted octanol–water partition coefficient (Wildman–Crippen LogP) is 3.34. The van der Waals surface area contributed by atoms with Crippen molar-refractivity contribution in [2.24, 2.45) is 10.2 Å². The lowest BCUT2D eigenvalue weighted by Crippen LogP contribution is -2.04. The molecule has 0 amide bonds. The number of benzene rings is 2. The first-order valence-corrected chi connectivity index (χ1v) is 5.79. The molecule has 0 saturated heterocycles. The largest absolute Gasteiger partial charge is 0.285 e. The summed E-state index contributed by atoms with van der Waals surface area (Å²) >= 11 is 0. The van der Waals surface area contributed by atoms with Crippen molar-refractivity contribution in [3.05, 3.63) is 64.8 Å². The number of fused-ring (bicyclic) bond motifs is 1. The molecule has 0 atom stereocenters. The number of H-pyrrole nitrogens is 1. The quantitative estimate of drug-likeness (QED) is 0.708. The van der Waals surface area contributed by atoms with Gasteiger partial charge in [0.25, 0.3) is 0 Å². The van der Waals surface area contributed by atoms with Gasteiger partial charge in [-0.2, -0.15) is 0 Å². The highest BCUT2D eigenvalue weighted by Gasteiger charge is 2.04. The van der Waals surface area contributed by atoms with Gasteiger partial charge in [-0.25, -0.2) is 0 Å². The molecule has 0 aliphatic rings. The van der Waals surface area contributed by atoms with E-state index in [2.05, 4.69) is 20.4 Å². The zero-order valence-electron chi connectivity index (χ0n) is 9.95. The molecule has 5 nitrogen and oxygen atoms in total. The van der Waals surface area contributed by atoms with Crippen LogP contribution in [0.3, 0.4) is 0 Å². The Morgan fingerprint density at radius 1 is 0.895 bits per heavy atom. The van der Waals surface area contributed by atoms with Crippen LogP contribution in [0.15, 0.2) is 69.6 Å². The minimum absolute atomic E-state index is 0.0579. The van der Waals surface area contributed by atoms with Gasteiger partial charge in [0, 0.05) is 0 Å². The standard InChI is InChI=1S/C14H10N4O/c19-13-11-8-4-5-9-12(11)16-18-14(13)17-15-10-6-2-1-3-7-10/h1-9H,(H,16,19). The van der Waals surface area contributed by atoms with E-state index >= 15 is 0 Å². The van der Waals surface area contributed by atoms with Crippen LogP contribution in [0.1, 0.15) is 0 Å². The number of aromatic amines is 1. The van der Waals surface area contributed by atoms with Gasteiger partial charge in [0.2, 0.25) is 11.2 Å². The van der Waals surface area contributed by atoms with E-state index in [1.54, 1.807) is 30.3 Å². The monoisotopic (exact) mass is 250 g/mol. The molecule has 1 heterocycles. The number of aromatic nitrogens is 2. The normalized spacial score (nSPS) is 11.2. The zero-order valence-corrected chi connectivity index (χ0v) is 9.95. The van der Waals surface area contributed by atoms with Crippen molar-refractivity contribution in [1.29, 1.82) is 0 Å². The van der Waals surface area contributed by atoms with Gasteiger partial charge < -0.3 is 0 Å². The van der Waals surface area contributed by atoms with Gasteiger partial charge in [-0.1, -0.05) is 30.3 Å². The van der Waals surface area contributed by atoms with Gasteiger partial charge in [0.1, 0.15) is 0 Å².